The average molecular weight is 306 g/mol. The number of rotatable bonds is 6. The van der Waals surface area contributed by atoms with E-state index in [-0.39, 0.29) is 10.6 Å². The van der Waals surface area contributed by atoms with Crippen LogP contribution in [0.1, 0.15) is 32.3 Å². The molecule has 0 fully saturated rings. The molecule has 0 spiro atoms. The van der Waals surface area contributed by atoms with Gasteiger partial charge in [0, 0.05) is 6.04 Å². The number of aromatic nitrogens is 2. The Morgan fingerprint density at radius 1 is 1.24 bits per heavy atom. The van der Waals surface area contributed by atoms with E-state index in [0.717, 1.165) is 18.4 Å². The van der Waals surface area contributed by atoms with Crippen molar-refractivity contribution in [3.8, 4) is 0 Å². The molecule has 1 N–H and O–H groups in total. The molecule has 0 saturated heterocycles. The molecule has 0 radical (unpaired) electrons. The zero-order valence-electron chi connectivity index (χ0n) is 12.3. The van der Waals surface area contributed by atoms with Crippen molar-refractivity contribution in [3.05, 3.63) is 57.5 Å². The third-order valence-corrected chi connectivity index (χ3v) is 3.87. The lowest BCUT2D eigenvalue weighted by molar-refractivity contribution is 0.633. The van der Waals surface area contributed by atoms with Gasteiger partial charge in [-0.15, -0.1) is 0 Å². The summed E-state index contributed by atoms with van der Waals surface area (Å²) in [4.78, 5) is 12.3. The molecule has 0 saturated carbocycles. The fourth-order valence-electron chi connectivity index (χ4n) is 2.15. The summed E-state index contributed by atoms with van der Waals surface area (Å²) in [7, 11) is 0. The maximum absolute atomic E-state index is 12.3. The van der Waals surface area contributed by atoms with E-state index in [0.29, 0.717) is 18.3 Å². The third-order valence-electron chi connectivity index (χ3n) is 3.51. The highest BCUT2D eigenvalue weighted by Crippen LogP contribution is 2.18. The minimum atomic E-state index is -0.267. The number of halogens is 1. The Labute approximate surface area is 129 Å². The summed E-state index contributed by atoms with van der Waals surface area (Å²) < 4.78 is 1.38. The van der Waals surface area contributed by atoms with Crippen LogP contribution in [0.25, 0.3) is 0 Å². The molecule has 0 aliphatic carbocycles. The van der Waals surface area contributed by atoms with Crippen LogP contribution in [0, 0.1) is 0 Å². The molecule has 2 aromatic rings. The Balaban J connectivity index is 2.23. The molecular weight excluding hydrogens is 286 g/mol. The molecule has 0 bridgehead atoms. The number of hydrogen-bond acceptors (Lipinski definition) is 3. The minimum Gasteiger partial charge on any atom is -0.380 e. The van der Waals surface area contributed by atoms with Gasteiger partial charge in [-0.2, -0.15) is 5.10 Å². The maximum atomic E-state index is 12.3. The summed E-state index contributed by atoms with van der Waals surface area (Å²) in [5, 5.41) is 7.69. The maximum Gasteiger partial charge on any atom is 0.287 e. The summed E-state index contributed by atoms with van der Waals surface area (Å²) in [6.45, 7) is 4.61. The van der Waals surface area contributed by atoms with Crippen molar-refractivity contribution in [3.63, 3.8) is 0 Å². The van der Waals surface area contributed by atoms with Gasteiger partial charge in [-0.25, -0.2) is 4.68 Å². The summed E-state index contributed by atoms with van der Waals surface area (Å²) in [5.74, 6) is 0. The van der Waals surface area contributed by atoms with E-state index >= 15 is 0 Å². The number of anilines is 1. The first-order valence-electron chi connectivity index (χ1n) is 7.21. The van der Waals surface area contributed by atoms with E-state index in [1.54, 1.807) is 6.20 Å². The van der Waals surface area contributed by atoms with Crippen molar-refractivity contribution >= 4 is 17.3 Å². The Kier molecular flexibility index (Phi) is 5.39. The topological polar surface area (TPSA) is 46.9 Å². The van der Waals surface area contributed by atoms with Crippen molar-refractivity contribution in [2.75, 3.05) is 5.32 Å². The number of nitrogens with zero attached hydrogens (tertiary/aromatic N) is 2. The van der Waals surface area contributed by atoms with Crippen LogP contribution in [0.3, 0.4) is 0 Å². The molecule has 2 rings (SSSR count). The molecule has 0 amide bonds. The monoisotopic (exact) mass is 305 g/mol. The Hall–Kier alpha value is -1.81. The highest BCUT2D eigenvalue weighted by Gasteiger charge is 2.12. The average Bonchev–Trinajstić information content (AvgIpc) is 2.52. The van der Waals surface area contributed by atoms with E-state index in [2.05, 4.69) is 24.3 Å². The smallest absolute Gasteiger partial charge is 0.287 e. The van der Waals surface area contributed by atoms with E-state index in [1.165, 1.54) is 4.68 Å². The first-order valence-corrected chi connectivity index (χ1v) is 7.59. The standard InChI is InChI=1S/C16H20ClN3O/c1-3-13(4-2)19-14-10-18-20(16(21)15(14)17)11-12-8-6-5-7-9-12/h5-10,13,19H,3-4,11H2,1-2H3. The van der Waals surface area contributed by atoms with Crippen LogP contribution >= 0.6 is 11.6 Å². The highest BCUT2D eigenvalue weighted by atomic mass is 35.5. The Bertz CT molecular complexity index is 636. The fourth-order valence-corrected chi connectivity index (χ4v) is 2.35. The van der Waals surface area contributed by atoms with Crippen molar-refractivity contribution < 1.29 is 0 Å². The predicted octanol–water partition coefficient (Wildman–Crippen LogP) is 3.55. The molecule has 1 aromatic heterocycles. The summed E-state index contributed by atoms with van der Waals surface area (Å²) >= 11 is 6.19. The van der Waals surface area contributed by atoms with E-state index in [1.807, 2.05) is 30.3 Å². The summed E-state index contributed by atoms with van der Waals surface area (Å²) in [6.07, 6.45) is 3.57. The van der Waals surface area contributed by atoms with Crippen LogP contribution in [0.2, 0.25) is 5.02 Å². The second kappa shape index (κ2) is 7.27. The Morgan fingerprint density at radius 2 is 1.90 bits per heavy atom. The molecule has 1 aromatic carbocycles. The fraction of sp³-hybridized carbons (Fsp3) is 0.375. The minimum absolute atomic E-state index is 0.202. The van der Waals surface area contributed by atoms with Crippen molar-refractivity contribution in [2.45, 2.75) is 39.3 Å². The van der Waals surface area contributed by atoms with Crippen LogP contribution in [0.5, 0.6) is 0 Å². The van der Waals surface area contributed by atoms with Gasteiger partial charge in [0.1, 0.15) is 5.02 Å². The van der Waals surface area contributed by atoms with Gasteiger partial charge in [0.2, 0.25) is 0 Å². The summed E-state index contributed by atoms with van der Waals surface area (Å²) in [5.41, 5.74) is 1.36. The van der Waals surface area contributed by atoms with Gasteiger partial charge in [-0.1, -0.05) is 55.8 Å². The molecule has 1 heterocycles. The zero-order valence-corrected chi connectivity index (χ0v) is 13.1. The predicted molar refractivity (Wildman–Crippen MR) is 87.0 cm³/mol. The SMILES string of the molecule is CCC(CC)Nc1cnn(Cc2ccccc2)c(=O)c1Cl. The van der Waals surface area contributed by atoms with Crippen LogP contribution in [0.4, 0.5) is 5.69 Å². The molecule has 5 heteroatoms. The lowest BCUT2D eigenvalue weighted by Crippen LogP contribution is -2.26. The first kappa shape index (κ1) is 15.6. The van der Waals surface area contributed by atoms with Gasteiger partial charge in [-0.3, -0.25) is 4.79 Å². The number of nitrogens with one attached hydrogen (secondary N) is 1. The number of hydrogen-bond donors (Lipinski definition) is 1. The van der Waals surface area contributed by atoms with Crippen LogP contribution in [0.15, 0.2) is 41.3 Å². The van der Waals surface area contributed by atoms with E-state index in [9.17, 15) is 4.79 Å². The van der Waals surface area contributed by atoms with Crippen molar-refractivity contribution in [2.24, 2.45) is 0 Å². The lowest BCUT2D eigenvalue weighted by Gasteiger charge is -2.17. The van der Waals surface area contributed by atoms with E-state index < -0.39 is 0 Å². The summed E-state index contributed by atoms with van der Waals surface area (Å²) in [6, 6.07) is 10.0. The third kappa shape index (κ3) is 3.85. The van der Waals surface area contributed by atoms with Crippen LogP contribution in [-0.4, -0.2) is 15.8 Å². The zero-order chi connectivity index (χ0) is 15.2. The van der Waals surface area contributed by atoms with Gasteiger partial charge in [0.05, 0.1) is 18.4 Å². The Morgan fingerprint density at radius 3 is 2.52 bits per heavy atom. The van der Waals surface area contributed by atoms with Gasteiger partial charge in [-0.05, 0) is 18.4 Å². The van der Waals surface area contributed by atoms with Gasteiger partial charge in [0.25, 0.3) is 5.56 Å². The molecule has 4 nitrogen and oxygen atoms in total. The second-order valence-corrected chi connectivity index (χ2v) is 5.36. The quantitative estimate of drug-likeness (QED) is 0.888. The largest absolute Gasteiger partial charge is 0.380 e. The van der Waals surface area contributed by atoms with Crippen molar-refractivity contribution in [1.82, 2.24) is 9.78 Å². The number of benzene rings is 1. The molecule has 112 valence electrons. The van der Waals surface area contributed by atoms with Gasteiger partial charge >= 0.3 is 0 Å². The normalized spacial score (nSPS) is 10.9. The van der Waals surface area contributed by atoms with Crippen LogP contribution < -0.4 is 10.9 Å². The molecule has 0 aliphatic heterocycles. The molecule has 0 aliphatic rings. The molecule has 0 unspecified atom stereocenters. The molecular formula is C16H20ClN3O. The van der Waals surface area contributed by atoms with Crippen LogP contribution in [-0.2, 0) is 6.54 Å². The lowest BCUT2D eigenvalue weighted by atomic mass is 10.1. The van der Waals surface area contributed by atoms with Gasteiger partial charge in [0.15, 0.2) is 0 Å². The first-order chi connectivity index (χ1) is 10.2. The van der Waals surface area contributed by atoms with Gasteiger partial charge < -0.3 is 5.32 Å². The molecule has 21 heavy (non-hydrogen) atoms. The highest BCUT2D eigenvalue weighted by molar-refractivity contribution is 6.32. The van der Waals surface area contributed by atoms with E-state index in [4.69, 9.17) is 11.6 Å². The van der Waals surface area contributed by atoms with Crippen molar-refractivity contribution in [1.29, 1.82) is 0 Å². The molecule has 0 atom stereocenters. The second-order valence-electron chi connectivity index (χ2n) is 4.98.